The Hall–Kier alpha value is -1.85. The summed E-state index contributed by atoms with van der Waals surface area (Å²) in [6.45, 7) is 8.49. The highest BCUT2D eigenvalue weighted by atomic mass is 32.2. The van der Waals surface area contributed by atoms with Crippen LogP contribution in [0.3, 0.4) is 0 Å². The first-order chi connectivity index (χ1) is 12.9. The van der Waals surface area contributed by atoms with E-state index in [1.165, 1.54) is 28.2 Å². The average molecular weight is 388 g/mol. The molecule has 0 spiro atoms. The second kappa shape index (κ2) is 8.89. The van der Waals surface area contributed by atoms with Gasteiger partial charge in [0.1, 0.15) is 17.7 Å². The van der Waals surface area contributed by atoms with E-state index in [1.807, 2.05) is 4.90 Å². The van der Waals surface area contributed by atoms with Crippen LogP contribution < -0.4 is 4.90 Å². The lowest BCUT2D eigenvalue weighted by Gasteiger charge is -2.28. The van der Waals surface area contributed by atoms with Gasteiger partial charge < -0.3 is 9.80 Å². The molecule has 0 aromatic heterocycles. The van der Waals surface area contributed by atoms with E-state index in [2.05, 4.69) is 45.0 Å². The summed E-state index contributed by atoms with van der Waals surface area (Å²) in [5, 5.41) is -0.00881. The summed E-state index contributed by atoms with van der Waals surface area (Å²) < 4.78 is 13.2. The number of halogens is 1. The van der Waals surface area contributed by atoms with E-state index in [4.69, 9.17) is 0 Å². The third-order valence-corrected chi connectivity index (χ3v) is 6.34. The van der Waals surface area contributed by atoms with Crippen LogP contribution in [0, 0.1) is 12.7 Å². The zero-order valence-electron chi connectivity index (χ0n) is 16.2. The second-order valence-corrected chi connectivity index (χ2v) is 8.71. The van der Waals surface area contributed by atoms with Crippen LogP contribution in [0.25, 0.3) is 0 Å². The van der Waals surface area contributed by atoms with Crippen LogP contribution in [0.1, 0.15) is 35.9 Å². The van der Waals surface area contributed by atoms with Gasteiger partial charge in [-0.05, 0) is 38.5 Å². The standard InChI is InChI=1S/C22H27FN2OS/c1-16(2)24(14-18-6-4-5-17(3)13-18)15-21(26)25-11-12-27-22(25)19-7-9-20(23)10-8-19/h4-10,13,16,22H,11-12,14-15H2,1-3H3/p+1/t22-/m0/s1. The summed E-state index contributed by atoms with van der Waals surface area (Å²) in [5.41, 5.74) is 3.50. The Balaban J connectivity index is 1.70. The normalized spacial score (nSPS) is 18.1. The number of carbonyl (C=O) groups is 1. The predicted octanol–water partition coefficient (Wildman–Crippen LogP) is 3.20. The number of nitrogens with one attached hydrogen (secondary N) is 1. The lowest BCUT2D eigenvalue weighted by molar-refractivity contribution is -0.927. The minimum absolute atomic E-state index is 0.00881. The first-order valence-corrected chi connectivity index (χ1v) is 10.6. The van der Waals surface area contributed by atoms with Crippen molar-refractivity contribution in [2.75, 3.05) is 18.8 Å². The quantitative estimate of drug-likeness (QED) is 0.823. The molecule has 1 heterocycles. The van der Waals surface area contributed by atoms with Crippen molar-refractivity contribution in [2.45, 2.75) is 38.7 Å². The van der Waals surface area contributed by atoms with Crippen molar-refractivity contribution in [1.29, 1.82) is 0 Å². The molecule has 2 aromatic rings. The van der Waals surface area contributed by atoms with E-state index in [1.54, 1.807) is 23.9 Å². The maximum Gasteiger partial charge on any atom is 0.278 e. The molecule has 0 radical (unpaired) electrons. The van der Waals surface area contributed by atoms with Crippen LogP contribution in [0.2, 0.25) is 0 Å². The van der Waals surface area contributed by atoms with Crippen LogP contribution in [-0.2, 0) is 11.3 Å². The van der Waals surface area contributed by atoms with Crippen molar-refractivity contribution in [1.82, 2.24) is 4.90 Å². The van der Waals surface area contributed by atoms with E-state index in [9.17, 15) is 9.18 Å². The molecule has 27 heavy (non-hydrogen) atoms. The molecule has 1 unspecified atom stereocenters. The van der Waals surface area contributed by atoms with E-state index in [0.29, 0.717) is 12.6 Å². The number of amides is 1. The highest BCUT2D eigenvalue weighted by Gasteiger charge is 2.33. The maximum absolute atomic E-state index is 13.2. The van der Waals surface area contributed by atoms with Gasteiger partial charge in [0.2, 0.25) is 0 Å². The Bertz CT molecular complexity index is 778. The molecule has 1 N–H and O–H groups in total. The highest BCUT2D eigenvalue weighted by molar-refractivity contribution is 7.99. The van der Waals surface area contributed by atoms with Gasteiger partial charge in [0, 0.05) is 17.9 Å². The molecule has 3 rings (SSSR count). The van der Waals surface area contributed by atoms with Gasteiger partial charge in [-0.15, -0.1) is 11.8 Å². The van der Waals surface area contributed by atoms with Crippen molar-refractivity contribution < 1.29 is 14.1 Å². The molecular weight excluding hydrogens is 359 g/mol. The Morgan fingerprint density at radius 2 is 2.00 bits per heavy atom. The highest BCUT2D eigenvalue weighted by Crippen LogP contribution is 2.37. The van der Waals surface area contributed by atoms with Gasteiger partial charge in [0.15, 0.2) is 6.54 Å². The van der Waals surface area contributed by atoms with E-state index in [-0.39, 0.29) is 17.1 Å². The fraction of sp³-hybridized carbons (Fsp3) is 0.409. The van der Waals surface area contributed by atoms with E-state index < -0.39 is 0 Å². The van der Waals surface area contributed by atoms with Crippen LogP contribution in [-0.4, -0.2) is 35.7 Å². The van der Waals surface area contributed by atoms with Gasteiger partial charge in [0.05, 0.1) is 6.04 Å². The van der Waals surface area contributed by atoms with Gasteiger partial charge in [-0.2, -0.15) is 0 Å². The molecule has 0 bridgehead atoms. The third-order valence-electron chi connectivity index (χ3n) is 5.07. The second-order valence-electron chi connectivity index (χ2n) is 7.52. The topological polar surface area (TPSA) is 24.8 Å². The maximum atomic E-state index is 13.2. The summed E-state index contributed by atoms with van der Waals surface area (Å²) in [7, 11) is 0. The summed E-state index contributed by atoms with van der Waals surface area (Å²) in [5.74, 6) is 0.849. The molecule has 1 aliphatic heterocycles. The molecule has 144 valence electrons. The SMILES string of the molecule is Cc1cccc(C[NH+](CC(=O)N2CCS[C@H]2c2ccc(F)cc2)C(C)C)c1. The number of rotatable bonds is 6. The fourth-order valence-electron chi connectivity index (χ4n) is 3.48. The number of hydrogen-bond donors (Lipinski definition) is 1. The molecule has 1 fully saturated rings. The van der Waals surface area contributed by atoms with Gasteiger partial charge in [0.25, 0.3) is 5.91 Å². The minimum Gasteiger partial charge on any atom is -0.321 e. The Kier molecular flexibility index (Phi) is 6.55. The Morgan fingerprint density at radius 3 is 2.67 bits per heavy atom. The summed E-state index contributed by atoms with van der Waals surface area (Å²) in [6, 6.07) is 15.4. The number of aryl methyl sites for hydroxylation is 1. The van der Waals surface area contributed by atoms with Crippen LogP contribution in [0.15, 0.2) is 48.5 Å². The van der Waals surface area contributed by atoms with Crippen LogP contribution in [0.4, 0.5) is 4.39 Å². The number of nitrogens with zero attached hydrogens (tertiary/aromatic N) is 1. The number of carbonyl (C=O) groups excluding carboxylic acids is 1. The average Bonchev–Trinajstić information content (AvgIpc) is 3.11. The zero-order valence-corrected chi connectivity index (χ0v) is 17.1. The molecule has 1 amide bonds. The van der Waals surface area contributed by atoms with Gasteiger partial charge in [-0.1, -0.05) is 42.0 Å². The molecular formula is C22H28FN2OS+. The zero-order chi connectivity index (χ0) is 19.4. The Morgan fingerprint density at radius 1 is 1.26 bits per heavy atom. The largest absolute Gasteiger partial charge is 0.321 e. The molecule has 1 aliphatic rings. The van der Waals surface area contributed by atoms with Crippen molar-refractivity contribution in [3.8, 4) is 0 Å². The van der Waals surface area contributed by atoms with Gasteiger partial charge in [-0.3, -0.25) is 4.79 Å². The van der Waals surface area contributed by atoms with Crippen LogP contribution >= 0.6 is 11.8 Å². The molecule has 5 heteroatoms. The first kappa shape index (κ1) is 19.9. The van der Waals surface area contributed by atoms with Gasteiger partial charge >= 0.3 is 0 Å². The van der Waals surface area contributed by atoms with Crippen molar-refractivity contribution in [3.05, 3.63) is 71.0 Å². The molecule has 3 nitrogen and oxygen atoms in total. The fourth-order valence-corrected chi connectivity index (χ4v) is 4.76. The lowest BCUT2D eigenvalue weighted by atomic mass is 10.1. The number of thioether (sulfide) groups is 1. The molecule has 0 aliphatic carbocycles. The number of hydrogen-bond acceptors (Lipinski definition) is 2. The monoisotopic (exact) mass is 387 g/mol. The summed E-state index contributed by atoms with van der Waals surface area (Å²) >= 11 is 1.75. The molecule has 2 atom stereocenters. The van der Waals surface area contributed by atoms with Crippen molar-refractivity contribution in [3.63, 3.8) is 0 Å². The minimum atomic E-state index is -0.242. The summed E-state index contributed by atoms with van der Waals surface area (Å²) in [6.07, 6.45) is 0. The number of quaternary nitrogens is 1. The van der Waals surface area contributed by atoms with Crippen molar-refractivity contribution >= 4 is 17.7 Å². The number of benzene rings is 2. The van der Waals surface area contributed by atoms with Crippen molar-refractivity contribution in [2.24, 2.45) is 0 Å². The smallest absolute Gasteiger partial charge is 0.278 e. The van der Waals surface area contributed by atoms with E-state index >= 15 is 0 Å². The van der Waals surface area contributed by atoms with E-state index in [0.717, 1.165) is 24.4 Å². The molecule has 2 aromatic carbocycles. The third kappa shape index (κ3) is 5.11. The van der Waals surface area contributed by atoms with Crippen LogP contribution in [0.5, 0.6) is 0 Å². The lowest BCUT2D eigenvalue weighted by Crippen LogP contribution is -3.14. The molecule has 0 saturated carbocycles. The van der Waals surface area contributed by atoms with Gasteiger partial charge in [-0.25, -0.2) is 4.39 Å². The predicted molar refractivity (Wildman–Crippen MR) is 109 cm³/mol. The first-order valence-electron chi connectivity index (χ1n) is 9.50. The molecule has 1 saturated heterocycles. The Labute approximate surface area is 165 Å². The summed E-state index contributed by atoms with van der Waals surface area (Å²) in [4.78, 5) is 16.3.